The summed E-state index contributed by atoms with van der Waals surface area (Å²) in [4.78, 5) is 30.2. The molecule has 1 atom stereocenters. The summed E-state index contributed by atoms with van der Waals surface area (Å²) in [6.07, 6.45) is 9.21. The molecule has 1 aliphatic carbocycles. The largest absolute Gasteiger partial charge is 0.302 e. The number of hydrogen-bond donors (Lipinski definition) is 0. The van der Waals surface area contributed by atoms with Crippen molar-refractivity contribution in [1.29, 1.82) is 0 Å². The average molecular weight is 423 g/mol. The standard InChI is InChI=1S/C20H26N2O4S2/c1-14-10-16(28(2,25)26)12-20(24)22(14)17(11-15-6-4-3-5-7-15)18(23)13-19-21-8-9-27-19/h8-10,12,15,17H,3-7,11,13H2,1-2H3. The van der Waals surface area contributed by atoms with Crippen LogP contribution in [0.1, 0.15) is 55.3 Å². The molecule has 1 aliphatic rings. The highest BCUT2D eigenvalue weighted by molar-refractivity contribution is 7.90. The number of rotatable bonds is 7. The topological polar surface area (TPSA) is 86.1 Å². The van der Waals surface area contributed by atoms with Crippen molar-refractivity contribution in [3.8, 4) is 0 Å². The summed E-state index contributed by atoms with van der Waals surface area (Å²) < 4.78 is 25.2. The van der Waals surface area contributed by atoms with Gasteiger partial charge in [-0.3, -0.25) is 9.59 Å². The fourth-order valence-electron chi connectivity index (χ4n) is 4.02. The molecule has 3 rings (SSSR count). The van der Waals surface area contributed by atoms with Gasteiger partial charge >= 0.3 is 0 Å². The highest BCUT2D eigenvalue weighted by Crippen LogP contribution is 2.32. The summed E-state index contributed by atoms with van der Waals surface area (Å²) in [6.45, 7) is 1.70. The lowest BCUT2D eigenvalue weighted by Gasteiger charge is -2.28. The maximum atomic E-state index is 13.2. The van der Waals surface area contributed by atoms with Gasteiger partial charge in [0.15, 0.2) is 15.6 Å². The molecule has 0 amide bonds. The minimum absolute atomic E-state index is 0.00459. The molecule has 1 unspecified atom stereocenters. The van der Waals surface area contributed by atoms with Gasteiger partial charge < -0.3 is 4.57 Å². The Hall–Kier alpha value is -1.80. The van der Waals surface area contributed by atoms with Crippen molar-refractivity contribution in [2.24, 2.45) is 5.92 Å². The second kappa shape index (κ2) is 8.69. The highest BCUT2D eigenvalue weighted by Gasteiger charge is 2.28. The van der Waals surface area contributed by atoms with Gasteiger partial charge in [0, 0.05) is 29.6 Å². The molecular weight excluding hydrogens is 396 g/mol. The third-order valence-corrected chi connectivity index (χ3v) is 7.31. The minimum Gasteiger partial charge on any atom is -0.302 e. The second-order valence-corrected chi connectivity index (χ2v) is 10.6. The lowest BCUT2D eigenvalue weighted by molar-refractivity contribution is -0.122. The van der Waals surface area contributed by atoms with E-state index in [-0.39, 0.29) is 17.1 Å². The Morgan fingerprint density at radius 1 is 1.29 bits per heavy atom. The van der Waals surface area contributed by atoms with Crippen LogP contribution in [0.4, 0.5) is 0 Å². The van der Waals surface area contributed by atoms with E-state index < -0.39 is 21.4 Å². The Balaban J connectivity index is 1.97. The summed E-state index contributed by atoms with van der Waals surface area (Å²) >= 11 is 1.43. The molecule has 1 fully saturated rings. The molecule has 1 saturated carbocycles. The molecule has 0 bridgehead atoms. The van der Waals surface area contributed by atoms with Crippen LogP contribution in [0.25, 0.3) is 0 Å². The normalized spacial score (nSPS) is 16.8. The first-order chi connectivity index (χ1) is 13.3. The number of hydrogen-bond acceptors (Lipinski definition) is 6. The van der Waals surface area contributed by atoms with Crippen molar-refractivity contribution in [3.63, 3.8) is 0 Å². The van der Waals surface area contributed by atoms with Crippen molar-refractivity contribution in [1.82, 2.24) is 9.55 Å². The number of Topliss-reactive ketones (excluding diaryl/α,β-unsaturated/α-hetero) is 1. The molecule has 152 valence electrons. The minimum atomic E-state index is -3.49. The van der Waals surface area contributed by atoms with E-state index in [9.17, 15) is 18.0 Å². The molecule has 0 spiro atoms. The zero-order valence-corrected chi connectivity index (χ0v) is 17.9. The molecular formula is C20H26N2O4S2. The molecule has 2 aromatic heterocycles. The van der Waals surface area contributed by atoms with Gasteiger partial charge in [0.05, 0.1) is 22.4 Å². The van der Waals surface area contributed by atoms with Crippen molar-refractivity contribution in [2.75, 3.05) is 6.26 Å². The van der Waals surface area contributed by atoms with Crippen LogP contribution in [0.2, 0.25) is 0 Å². The Labute approximate surface area is 169 Å². The Morgan fingerprint density at radius 2 is 2.00 bits per heavy atom. The number of ketones is 1. The van der Waals surface area contributed by atoms with Crippen molar-refractivity contribution in [2.45, 2.75) is 62.8 Å². The van der Waals surface area contributed by atoms with Gasteiger partial charge in [-0.05, 0) is 25.3 Å². The van der Waals surface area contributed by atoms with Gasteiger partial charge in [0.1, 0.15) is 0 Å². The van der Waals surface area contributed by atoms with E-state index in [2.05, 4.69) is 4.98 Å². The van der Waals surface area contributed by atoms with Crippen LogP contribution in [0, 0.1) is 12.8 Å². The molecule has 2 aromatic rings. The van der Waals surface area contributed by atoms with Crippen LogP contribution in [0.3, 0.4) is 0 Å². The van der Waals surface area contributed by atoms with Crippen LogP contribution < -0.4 is 5.56 Å². The molecule has 8 heteroatoms. The summed E-state index contributed by atoms with van der Waals surface area (Å²) in [7, 11) is -3.49. The molecule has 0 N–H and O–H groups in total. The number of nitrogens with zero attached hydrogens (tertiary/aromatic N) is 2. The number of aryl methyl sites for hydroxylation is 1. The molecule has 0 saturated heterocycles. The number of aromatic nitrogens is 2. The number of thiazole rings is 1. The van der Waals surface area contributed by atoms with Crippen LogP contribution in [0.5, 0.6) is 0 Å². The predicted molar refractivity (Wildman–Crippen MR) is 110 cm³/mol. The highest BCUT2D eigenvalue weighted by atomic mass is 32.2. The van der Waals surface area contributed by atoms with Crippen LogP contribution in [0.15, 0.2) is 33.4 Å². The van der Waals surface area contributed by atoms with Crippen molar-refractivity contribution < 1.29 is 13.2 Å². The number of pyridine rings is 1. The third-order valence-electron chi connectivity index (χ3n) is 5.44. The first-order valence-corrected chi connectivity index (χ1v) is 12.4. The van der Waals surface area contributed by atoms with Gasteiger partial charge in [-0.1, -0.05) is 32.1 Å². The van der Waals surface area contributed by atoms with Gasteiger partial charge in [0.2, 0.25) is 0 Å². The molecule has 0 aromatic carbocycles. The Bertz CT molecular complexity index is 988. The number of carbonyl (C=O) groups is 1. The molecule has 2 heterocycles. The lowest BCUT2D eigenvalue weighted by Crippen LogP contribution is -2.34. The van der Waals surface area contributed by atoms with E-state index in [1.165, 1.54) is 28.4 Å². The molecule has 0 radical (unpaired) electrons. The van der Waals surface area contributed by atoms with Crippen molar-refractivity contribution >= 4 is 27.0 Å². The fraction of sp³-hybridized carbons (Fsp3) is 0.550. The first-order valence-electron chi connectivity index (χ1n) is 9.60. The SMILES string of the molecule is Cc1cc(S(C)(=O)=O)cc(=O)n1C(CC1CCCCC1)C(=O)Cc1nccs1. The van der Waals surface area contributed by atoms with Gasteiger partial charge in [0.25, 0.3) is 5.56 Å². The monoisotopic (exact) mass is 422 g/mol. The average Bonchev–Trinajstić information content (AvgIpc) is 3.13. The quantitative estimate of drug-likeness (QED) is 0.683. The van der Waals surface area contributed by atoms with Crippen LogP contribution in [-0.2, 0) is 21.1 Å². The fourth-order valence-corrected chi connectivity index (χ4v) is 5.35. The van der Waals surface area contributed by atoms with E-state index in [0.29, 0.717) is 18.0 Å². The van der Waals surface area contributed by atoms with Gasteiger partial charge in [-0.25, -0.2) is 13.4 Å². The first kappa shape index (κ1) is 20.9. The van der Waals surface area contributed by atoms with E-state index in [1.807, 2.05) is 5.38 Å². The summed E-state index contributed by atoms with van der Waals surface area (Å²) in [5.41, 5.74) is 0.0648. The maximum Gasteiger partial charge on any atom is 0.252 e. The van der Waals surface area contributed by atoms with Gasteiger partial charge in [-0.2, -0.15) is 0 Å². The number of sulfone groups is 1. The van der Waals surface area contributed by atoms with E-state index in [1.54, 1.807) is 13.1 Å². The van der Waals surface area contributed by atoms with Gasteiger partial charge in [-0.15, -0.1) is 11.3 Å². The second-order valence-electron chi connectivity index (χ2n) is 7.64. The Morgan fingerprint density at radius 3 is 2.57 bits per heavy atom. The smallest absolute Gasteiger partial charge is 0.252 e. The predicted octanol–water partition coefficient (Wildman–Crippen LogP) is 3.34. The summed E-state index contributed by atoms with van der Waals surface area (Å²) in [5, 5.41) is 2.56. The van der Waals surface area contributed by atoms with Crippen LogP contribution in [-0.4, -0.2) is 30.0 Å². The van der Waals surface area contributed by atoms with Crippen molar-refractivity contribution in [3.05, 3.63) is 44.8 Å². The maximum absolute atomic E-state index is 13.2. The molecule has 6 nitrogen and oxygen atoms in total. The van der Waals surface area contributed by atoms with Crippen LogP contribution >= 0.6 is 11.3 Å². The zero-order chi connectivity index (χ0) is 20.3. The zero-order valence-electron chi connectivity index (χ0n) is 16.3. The van der Waals surface area contributed by atoms with E-state index >= 15 is 0 Å². The summed E-state index contributed by atoms with van der Waals surface area (Å²) in [5.74, 6) is 0.359. The number of carbonyl (C=O) groups excluding carboxylic acids is 1. The van der Waals surface area contributed by atoms with E-state index in [0.717, 1.165) is 43.0 Å². The Kier molecular flexibility index (Phi) is 6.50. The third kappa shape index (κ3) is 4.97. The lowest BCUT2D eigenvalue weighted by atomic mass is 9.83. The molecule has 0 aliphatic heterocycles. The summed E-state index contributed by atoms with van der Waals surface area (Å²) in [6, 6.07) is 2.03. The van der Waals surface area contributed by atoms with E-state index in [4.69, 9.17) is 0 Å². The molecule has 28 heavy (non-hydrogen) atoms.